The second-order valence-electron chi connectivity index (χ2n) is 5.57. The van der Waals surface area contributed by atoms with Crippen molar-refractivity contribution < 1.29 is 25.2 Å². The number of hydrogen-bond donors (Lipinski definition) is 4. The number of aromatic hydroxyl groups is 4. The zero-order chi connectivity index (χ0) is 18.1. The van der Waals surface area contributed by atoms with Gasteiger partial charge in [-0.2, -0.15) is 0 Å². The van der Waals surface area contributed by atoms with Crippen LogP contribution in [0.4, 0.5) is 0 Å². The van der Waals surface area contributed by atoms with Crippen LogP contribution in [-0.2, 0) is 0 Å². The maximum atomic E-state index is 11.5. The molecular formula is C19H15NO5. The van der Waals surface area contributed by atoms with Crippen LogP contribution in [-0.4, -0.2) is 31.2 Å². The number of carbonyl (C=O) groups is 1. The standard InChI is InChI=1S/C19H15NO5/c1-10(21)14-7-4-12-3-6-13(20-17(12)18(14)24)5-2-11-8-15(22)19(25)16(23)9-11/h2-9,22-25H,1H3/b5-2+. The second kappa shape index (κ2) is 6.16. The van der Waals surface area contributed by atoms with Gasteiger partial charge in [0.05, 0.1) is 11.3 Å². The Morgan fingerprint density at radius 3 is 2.20 bits per heavy atom. The molecule has 2 aromatic carbocycles. The number of aromatic nitrogens is 1. The summed E-state index contributed by atoms with van der Waals surface area (Å²) in [4.78, 5) is 15.9. The predicted octanol–water partition coefficient (Wildman–Crippen LogP) is 3.43. The molecule has 0 aliphatic heterocycles. The molecule has 4 N–H and O–H groups in total. The average molecular weight is 337 g/mol. The third-order valence-corrected chi connectivity index (χ3v) is 3.77. The minimum absolute atomic E-state index is 0.167. The first-order valence-electron chi connectivity index (χ1n) is 7.43. The fourth-order valence-electron chi connectivity index (χ4n) is 2.47. The van der Waals surface area contributed by atoms with E-state index in [1.165, 1.54) is 19.1 Å². The maximum absolute atomic E-state index is 11.5. The minimum atomic E-state index is -0.581. The Labute approximate surface area is 142 Å². The van der Waals surface area contributed by atoms with Gasteiger partial charge < -0.3 is 20.4 Å². The van der Waals surface area contributed by atoms with Crippen molar-refractivity contribution in [3.63, 3.8) is 0 Å². The summed E-state index contributed by atoms with van der Waals surface area (Å²) in [6.45, 7) is 1.37. The van der Waals surface area contributed by atoms with Crippen molar-refractivity contribution in [2.45, 2.75) is 6.92 Å². The lowest BCUT2D eigenvalue weighted by Gasteiger charge is -2.06. The fourth-order valence-corrected chi connectivity index (χ4v) is 2.47. The summed E-state index contributed by atoms with van der Waals surface area (Å²) in [5, 5.41) is 39.3. The van der Waals surface area contributed by atoms with Crippen molar-refractivity contribution in [2.75, 3.05) is 0 Å². The van der Waals surface area contributed by atoms with Gasteiger partial charge in [0.2, 0.25) is 0 Å². The molecule has 0 aliphatic carbocycles. The number of hydrogen-bond acceptors (Lipinski definition) is 6. The Bertz CT molecular complexity index is 1000. The molecular weight excluding hydrogens is 322 g/mol. The number of carbonyl (C=O) groups excluding carboxylic acids is 1. The molecule has 6 nitrogen and oxygen atoms in total. The summed E-state index contributed by atoms with van der Waals surface area (Å²) in [7, 11) is 0. The van der Waals surface area contributed by atoms with Gasteiger partial charge >= 0.3 is 0 Å². The summed E-state index contributed by atoms with van der Waals surface area (Å²) < 4.78 is 0. The van der Waals surface area contributed by atoms with Gasteiger partial charge in [0.15, 0.2) is 28.8 Å². The first-order chi connectivity index (χ1) is 11.9. The SMILES string of the molecule is CC(=O)c1ccc2ccc(/C=C/c3cc(O)c(O)c(O)c3)nc2c1O. The lowest BCUT2D eigenvalue weighted by molar-refractivity contribution is 0.101. The predicted molar refractivity (Wildman–Crippen MR) is 93.8 cm³/mol. The molecule has 1 aromatic heterocycles. The smallest absolute Gasteiger partial charge is 0.200 e. The van der Waals surface area contributed by atoms with Crippen LogP contribution in [0.1, 0.15) is 28.5 Å². The van der Waals surface area contributed by atoms with Crippen LogP contribution in [0, 0.1) is 0 Å². The molecule has 0 spiro atoms. The fraction of sp³-hybridized carbons (Fsp3) is 0.0526. The molecule has 6 heteroatoms. The highest BCUT2D eigenvalue weighted by Gasteiger charge is 2.11. The minimum Gasteiger partial charge on any atom is -0.505 e. The third kappa shape index (κ3) is 3.10. The highest BCUT2D eigenvalue weighted by Crippen LogP contribution is 2.36. The van der Waals surface area contributed by atoms with Crippen LogP contribution >= 0.6 is 0 Å². The quantitative estimate of drug-likeness (QED) is 0.430. The molecule has 0 radical (unpaired) electrons. The molecule has 0 saturated heterocycles. The number of phenolic OH excluding ortho intramolecular Hbond substituents is 4. The van der Waals surface area contributed by atoms with E-state index in [0.29, 0.717) is 22.2 Å². The summed E-state index contributed by atoms with van der Waals surface area (Å²) in [6.07, 6.45) is 3.20. The van der Waals surface area contributed by atoms with E-state index in [1.807, 2.05) is 0 Å². The molecule has 0 fully saturated rings. The molecule has 0 unspecified atom stereocenters. The maximum Gasteiger partial charge on any atom is 0.200 e. The number of phenols is 4. The van der Waals surface area contributed by atoms with E-state index in [1.54, 1.807) is 36.4 Å². The normalized spacial score (nSPS) is 11.2. The number of nitrogens with zero attached hydrogens (tertiary/aromatic N) is 1. The zero-order valence-corrected chi connectivity index (χ0v) is 13.3. The highest BCUT2D eigenvalue weighted by atomic mass is 16.3. The van der Waals surface area contributed by atoms with E-state index in [2.05, 4.69) is 4.98 Å². The molecule has 126 valence electrons. The topological polar surface area (TPSA) is 111 Å². The van der Waals surface area contributed by atoms with Gasteiger partial charge in [-0.1, -0.05) is 18.2 Å². The number of Topliss-reactive ketones (excluding diaryl/α,β-unsaturated/α-hetero) is 1. The van der Waals surface area contributed by atoms with E-state index in [0.717, 1.165) is 0 Å². The lowest BCUT2D eigenvalue weighted by atomic mass is 10.1. The molecule has 3 rings (SSSR count). The van der Waals surface area contributed by atoms with Crippen LogP contribution in [0.25, 0.3) is 23.1 Å². The van der Waals surface area contributed by atoms with E-state index in [-0.39, 0.29) is 17.1 Å². The van der Waals surface area contributed by atoms with Crippen molar-refractivity contribution >= 4 is 28.8 Å². The Hall–Kier alpha value is -3.54. The molecule has 0 amide bonds. The average Bonchev–Trinajstić information content (AvgIpc) is 2.58. The van der Waals surface area contributed by atoms with Gasteiger partial charge in [-0.15, -0.1) is 0 Å². The van der Waals surface area contributed by atoms with Gasteiger partial charge in [0.25, 0.3) is 0 Å². The Kier molecular flexibility index (Phi) is 4.02. The van der Waals surface area contributed by atoms with Crippen LogP contribution in [0.2, 0.25) is 0 Å². The van der Waals surface area contributed by atoms with E-state index in [9.17, 15) is 25.2 Å². The van der Waals surface area contributed by atoms with E-state index < -0.39 is 17.2 Å². The van der Waals surface area contributed by atoms with Gasteiger partial charge in [-0.05, 0) is 42.8 Å². The van der Waals surface area contributed by atoms with Crippen molar-refractivity contribution in [3.8, 4) is 23.0 Å². The number of ketones is 1. The monoisotopic (exact) mass is 337 g/mol. The molecule has 0 aliphatic rings. The van der Waals surface area contributed by atoms with Crippen molar-refractivity contribution in [1.82, 2.24) is 4.98 Å². The Balaban J connectivity index is 2.02. The number of pyridine rings is 1. The largest absolute Gasteiger partial charge is 0.505 e. The van der Waals surface area contributed by atoms with Crippen molar-refractivity contribution in [3.05, 3.63) is 53.2 Å². The van der Waals surface area contributed by atoms with Crippen LogP contribution in [0.3, 0.4) is 0 Å². The summed E-state index contributed by atoms with van der Waals surface area (Å²) in [5.41, 5.74) is 1.48. The summed E-state index contributed by atoms with van der Waals surface area (Å²) in [6, 6.07) is 9.33. The Morgan fingerprint density at radius 2 is 1.56 bits per heavy atom. The zero-order valence-electron chi connectivity index (χ0n) is 13.3. The van der Waals surface area contributed by atoms with Gasteiger partial charge in [-0.25, -0.2) is 4.98 Å². The summed E-state index contributed by atoms with van der Waals surface area (Å²) in [5.74, 6) is -1.87. The number of rotatable bonds is 3. The van der Waals surface area contributed by atoms with Crippen molar-refractivity contribution in [1.29, 1.82) is 0 Å². The first-order valence-corrected chi connectivity index (χ1v) is 7.43. The van der Waals surface area contributed by atoms with E-state index in [4.69, 9.17) is 0 Å². The molecule has 3 aromatic rings. The Morgan fingerprint density at radius 1 is 0.920 bits per heavy atom. The number of benzene rings is 2. The van der Waals surface area contributed by atoms with Gasteiger partial charge in [0.1, 0.15) is 5.52 Å². The molecule has 0 bridgehead atoms. The van der Waals surface area contributed by atoms with Crippen LogP contribution < -0.4 is 0 Å². The van der Waals surface area contributed by atoms with Gasteiger partial charge in [0, 0.05) is 5.39 Å². The molecule has 0 atom stereocenters. The summed E-state index contributed by atoms with van der Waals surface area (Å²) >= 11 is 0. The molecule has 1 heterocycles. The molecule has 0 saturated carbocycles. The van der Waals surface area contributed by atoms with Crippen molar-refractivity contribution in [2.24, 2.45) is 0 Å². The highest BCUT2D eigenvalue weighted by molar-refractivity contribution is 6.02. The van der Waals surface area contributed by atoms with E-state index >= 15 is 0 Å². The third-order valence-electron chi connectivity index (χ3n) is 3.77. The van der Waals surface area contributed by atoms with Crippen LogP contribution in [0.15, 0.2) is 36.4 Å². The lowest BCUT2D eigenvalue weighted by Crippen LogP contribution is -1.94. The first kappa shape index (κ1) is 16.3. The molecule has 25 heavy (non-hydrogen) atoms. The second-order valence-corrected chi connectivity index (χ2v) is 5.57. The number of fused-ring (bicyclic) bond motifs is 1. The van der Waals surface area contributed by atoms with Gasteiger partial charge in [-0.3, -0.25) is 4.79 Å². The van der Waals surface area contributed by atoms with Crippen LogP contribution in [0.5, 0.6) is 23.0 Å².